The number of hydrogen-bond donors (Lipinski definition) is 2. The predicted octanol–water partition coefficient (Wildman–Crippen LogP) is 2.35. The van der Waals surface area contributed by atoms with Gasteiger partial charge in [-0.15, -0.1) is 11.3 Å². The highest BCUT2D eigenvalue weighted by Crippen LogP contribution is 2.33. The van der Waals surface area contributed by atoms with E-state index in [9.17, 15) is 13.6 Å². The van der Waals surface area contributed by atoms with Crippen LogP contribution in [0.2, 0.25) is 0 Å². The normalized spacial score (nSPS) is 19.1. The lowest BCUT2D eigenvalue weighted by molar-refractivity contribution is -0.0760. The van der Waals surface area contributed by atoms with Gasteiger partial charge in [0.15, 0.2) is 5.13 Å². The summed E-state index contributed by atoms with van der Waals surface area (Å²) in [5, 5.41) is 7.48. The van der Waals surface area contributed by atoms with E-state index in [0.29, 0.717) is 16.9 Å². The second-order valence-corrected chi connectivity index (χ2v) is 6.74. The molecule has 0 bridgehead atoms. The van der Waals surface area contributed by atoms with Crippen LogP contribution < -0.4 is 15.5 Å². The van der Waals surface area contributed by atoms with Gasteiger partial charge in [-0.1, -0.05) is 0 Å². The average molecular weight is 383 g/mol. The van der Waals surface area contributed by atoms with Gasteiger partial charge in [-0.05, 0) is 6.07 Å². The first-order chi connectivity index (χ1) is 12.4. The molecule has 2 N–H and O–H groups in total. The topological polar surface area (TPSA) is 86.3 Å². The number of piperidine rings is 1. The number of nitrogens with one attached hydrogen (secondary N) is 2. The minimum Gasteiger partial charge on any atom is -0.373 e. The molecule has 11 heteroatoms. The molecule has 0 saturated carbocycles. The summed E-state index contributed by atoms with van der Waals surface area (Å²) in [5.74, 6) is -2.06. The molecule has 0 radical (unpaired) electrons. The van der Waals surface area contributed by atoms with Crippen molar-refractivity contribution in [3.8, 4) is 0 Å². The van der Waals surface area contributed by atoms with Crippen LogP contribution in [0.3, 0.4) is 0 Å². The van der Waals surface area contributed by atoms with Crippen molar-refractivity contribution in [1.29, 1.82) is 0 Å². The molecule has 3 heterocycles. The van der Waals surface area contributed by atoms with Crippen LogP contribution in [-0.4, -0.2) is 65.0 Å². The van der Waals surface area contributed by atoms with Crippen molar-refractivity contribution in [3.63, 3.8) is 0 Å². The Hall–Kier alpha value is -2.56. The summed E-state index contributed by atoms with van der Waals surface area (Å²) in [4.78, 5) is 27.4. The van der Waals surface area contributed by atoms with Crippen molar-refractivity contribution < 1.29 is 13.6 Å². The van der Waals surface area contributed by atoms with Gasteiger partial charge in [0, 0.05) is 51.4 Å². The molecule has 0 aliphatic carbocycles. The van der Waals surface area contributed by atoms with Gasteiger partial charge in [-0.3, -0.25) is 5.32 Å². The van der Waals surface area contributed by atoms with E-state index >= 15 is 0 Å². The number of thiazole rings is 1. The maximum atomic E-state index is 14.5. The molecule has 1 aliphatic rings. The molecule has 1 saturated heterocycles. The Morgan fingerprint density at radius 1 is 1.42 bits per heavy atom. The van der Waals surface area contributed by atoms with Crippen molar-refractivity contribution >= 4 is 34.3 Å². The molecule has 2 aromatic rings. The van der Waals surface area contributed by atoms with E-state index < -0.39 is 18.0 Å². The summed E-state index contributed by atoms with van der Waals surface area (Å²) >= 11 is 1.22. The van der Waals surface area contributed by atoms with Crippen molar-refractivity contribution in [1.82, 2.24) is 19.9 Å². The molecule has 0 aromatic carbocycles. The smallest absolute Gasteiger partial charge is 0.323 e. The first-order valence-corrected chi connectivity index (χ1v) is 8.85. The zero-order chi connectivity index (χ0) is 18.7. The molecule has 3 rings (SSSR count). The zero-order valence-corrected chi connectivity index (χ0v) is 15.1. The molecule has 0 spiro atoms. The molecule has 26 heavy (non-hydrogen) atoms. The number of anilines is 3. The molecule has 1 aliphatic heterocycles. The van der Waals surface area contributed by atoms with Crippen LogP contribution in [0, 0.1) is 0 Å². The molecule has 8 nitrogen and oxygen atoms in total. The highest BCUT2D eigenvalue weighted by atomic mass is 32.1. The number of alkyl halides is 2. The van der Waals surface area contributed by atoms with Gasteiger partial charge >= 0.3 is 6.03 Å². The molecule has 1 fully saturated rings. The first kappa shape index (κ1) is 18.2. The Labute approximate surface area is 153 Å². The number of carbonyl (C=O) groups is 1. The maximum absolute atomic E-state index is 14.5. The molecular weight excluding hydrogens is 364 g/mol. The number of likely N-dealkylation sites (N-methyl/N-ethyl adjacent to an activating group) is 1. The summed E-state index contributed by atoms with van der Waals surface area (Å²) in [6.45, 7) is 0.0422. The van der Waals surface area contributed by atoms with E-state index in [0.717, 1.165) is 4.90 Å². The van der Waals surface area contributed by atoms with Crippen LogP contribution in [0.5, 0.6) is 0 Å². The van der Waals surface area contributed by atoms with Crippen LogP contribution in [0.1, 0.15) is 6.42 Å². The number of aromatic nitrogens is 3. The molecule has 1 atom stereocenters. The lowest BCUT2D eigenvalue weighted by Crippen LogP contribution is -2.60. The van der Waals surface area contributed by atoms with E-state index in [2.05, 4.69) is 25.6 Å². The summed E-state index contributed by atoms with van der Waals surface area (Å²) in [7, 11) is 3.08. The highest BCUT2D eigenvalue weighted by Gasteiger charge is 2.48. The minimum atomic E-state index is -3.01. The maximum Gasteiger partial charge on any atom is 0.323 e. The Balaban J connectivity index is 1.76. The van der Waals surface area contributed by atoms with E-state index in [1.54, 1.807) is 29.6 Å². The van der Waals surface area contributed by atoms with E-state index in [1.165, 1.54) is 24.6 Å². The van der Waals surface area contributed by atoms with E-state index in [-0.39, 0.29) is 19.5 Å². The largest absolute Gasteiger partial charge is 0.373 e. The molecule has 2 amide bonds. The van der Waals surface area contributed by atoms with Crippen molar-refractivity contribution in [2.24, 2.45) is 0 Å². The number of carbonyl (C=O) groups excluding carboxylic acids is 1. The summed E-state index contributed by atoms with van der Waals surface area (Å²) in [5.41, 5.74) is 0. The van der Waals surface area contributed by atoms with Gasteiger partial charge in [0.2, 0.25) is 5.95 Å². The number of halogens is 2. The minimum absolute atomic E-state index is 0.0675. The first-order valence-electron chi connectivity index (χ1n) is 7.97. The van der Waals surface area contributed by atoms with Gasteiger partial charge < -0.3 is 15.1 Å². The number of rotatable bonds is 4. The third-order valence-corrected chi connectivity index (χ3v) is 4.90. The number of amides is 2. The van der Waals surface area contributed by atoms with Crippen molar-refractivity contribution in [3.05, 3.63) is 23.8 Å². The third kappa shape index (κ3) is 3.82. The van der Waals surface area contributed by atoms with Gasteiger partial charge in [-0.25, -0.2) is 23.5 Å². The molecular formula is C15H19F2N7OS. The Bertz CT molecular complexity index is 758. The van der Waals surface area contributed by atoms with E-state index in [1.807, 2.05) is 0 Å². The average Bonchev–Trinajstić information content (AvgIpc) is 3.14. The van der Waals surface area contributed by atoms with Crippen LogP contribution >= 0.6 is 11.3 Å². The van der Waals surface area contributed by atoms with Gasteiger partial charge in [-0.2, -0.15) is 4.98 Å². The quantitative estimate of drug-likeness (QED) is 0.843. The SMILES string of the molecule is CNc1ccnc(N2CCC(F)(F)C(N(C)C(=O)Nc3nccs3)C2)n1. The standard InChI is InChI=1S/C15H19F2N7OS/c1-18-11-3-5-19-12(21-11)24-7-4-15(16,17)10(9-24)23(2)14(25)22-13-20-6-8-26-13/h3,5-6,8,10H,4,7,9H2,1-2H3,(H,18,19,21)(H,20,22,25). The second kappa shape index (κ2) is 7.36. The van der Waals surface area contributed by atoms with Gasteiger partial charge in [0.1, 0.15) is 11.9 Å². The number of nitrogens with zero attached hydrogens (tertiary/aromatic N) is 5. The number of hydrogen-bond acceptors (Lipinski definition) is 7. The molecule has 2 aromatic heterocycles. The van der Waals surface area contributed by atoms with Crippen molar-refractivity contribution in [2.45, 2.75) is 18.4 Å². The molecule has 140 valence electrons. The van der Waals surface area contributed by atoms with Crippen LogP contribution in [-0.2, 0) is 0 Å². The lowest BCUT2D eigenvalue weighted by Gasteiger charge is -2.42. The second-order valence-electron chi connectivity index (χ2n) is 5.84. The highest BCUT2D eigenvalue weighted by molar-refractivity contribution is 7.13. The van der Waals surface area contributed by atoms with Gasteiger partial charge in [0.25, 0.3) is 5.92 Å². The summed E-state index contributed by atoms with van der Waals surface area (Å²) in [6, 6.07) is -0.248. The Kier molecular flexibility index (Phi) is 5.16. The monoisotopic (exact) mass is 383 g/mol. The number of urea groups is 1. The Morgan fingerprint density at radius 3 is 2.92 bits per heavy atom. The predicted molar refractivity (Wildman–Crippen MR) is 96.0 cm³/mol. The van der Waals surface area contributed by atoms with Gasteiger partial charge in [0.05, 0.1) is 0 Å². The molecule has 1 unspecified atom stereocenters. The Morgan fingerprint density at radius 2 is 2.23 bits per heavy atom. The van der Waals surface area contributed by atoms with E-state index in [4.69, 9.17) is 0 Å². The fourth-order valence-electron chi connectivity index (χ4n) is 2.72. The van der Waals surface area contributed by atoms with Crippen LogP contribution in [0.25, 0.3) is 0 Å². The lowest BCUT2D eigenvalue weighted by atomic mass is 10.00. The fraction of sp³-hybridized carbons (Fsp3) is 0.467. The summed E-state index contributed by atoms with van der Waals surface area (Å²) < 4.78 is 29.0. The van der Waals surface area contributed by atoms with Crippen LogP contribution in [0.4, 0.5) is 30.5 Å². The fourth-order valence-corrected chi connectivity index (χ4v) is 3.24. The van der Waals surface area contributed by atoms with Crippen LogP contribution in [0.15, 0.2) is 23.8 Å². The third-order valence-electron chi connectivity index (χ3n) is 4.21. The van der Waals surface area contributed by atoms with Crippen molar-refractivity contribution in [2.75, 3.05) is 42.7 Å². The summed E-state index contributed by atoms with van der Waals surface area (Å²) in [6.07, 6.45) is 2.71. The zero-order valence-electron chi connectivity index (χ0n) is 14.3.